The number of rotatable bonds is 4. The quantitative estimate of drug-likeness (QED) is 0.567. The summed E-state index contributed by atoms with van der Waals surface area (Å²) < 4.78 is 0. The second-order valence-corrected chi connectivity index (χ2v) is 2.48. The minimum Gasteiger partial charge on any atom is -0.316 e. The van der Waals surface area contributed by atoms with E-state index in [-0.39, 0.29) is 0 Å². The summed E-state index contributed by atoms with van der Waals surface area (Å²) in [5.41, 5.74) is 0.869. The molecule has 0 saturated heterocycles. The summed E-state index contributed by atoms with van der Waals surface area (Å²) in [6.45, 7) is 2.04. The van der Waals surface area contributed by atoms with Crippen molar-refractivity contribution in [3.63, 3.8) is 0 Å². The van der Waals surface area contributed by atoms with Crippen LogP contribution in [0.3, 0.4) is 0 Å². The van der Waals surface area contributed by atoms with Crippen molar-refractivity contribution >= 4 is 17.4 Å². The Balaban J connectivity index is 2.97. The molecule has 0 aliphatic rings. The van der Waals surface area contributed by atoms with Gasteiger partial charge in [-0.1, -0.05) is 11.8 Å². The van der Waals surface area contributed by atoms with Crippen molar-refractivity contribution < 1.29 is 4.79 Å². The summed E-state index contributed by atoms with van der Waals surface area (Å²) in [6, 6.07) is 0.435. The monoisotopic (exact) mass is 133 g/mol. The van der Waals surface area contributed by atoms with Crippen molar-refractivity contribution in [3.05, 3.63) is 0 Å². The molecule has 0 rings (SSSR count). The molecule has 0 spiro atoms. The summed E-state index contributed by atoms with van der Waals surface area (Å²) in [4.78, 5) is 9.76. The molecule has 0 aromatic heterocycles. The Bertz CT molecular complexity index is 67.4. The molecule has 0 aliphatic heterocycles. The molecule has 3 heteroatoms. The molecule has 8 heavy (non-hydrogen) atoms. The second kappa shape index (κ2) is 5.12. The molecule has 0 fully saturated rings. The van der Waals surface area contributed by atoms with Crippen LogP contribution in [0.4, 0.5) is 0 Å². The second-order valence-electron chi connectivity index (χ2n) is 1.62. The van der Waals surface area contributed by atoms with Gasteiger partial charge in [0.1, 0.15) is 0 Å². The van der Waals surface area contributed by atoms with Gasteiger partial charge in [-0.3, -0.25) is 4.79 Å². The molecule has 0 heterocycles. The lowest BCUT2D eigenvalue weighted by molar-refractivity contribution is 0.569. The Morgan fingerprint density at radius 3 is 2.88 bits per heavy atom. The lowest BCUT2D eigenvalue weighted by atomic mass is 10.4. The van der Waals surface area contributed by atoms with Crippen LogP contribution in [0, 0.1) is 0 Å². The number of nitrogens with one attached hydrogen (secondary N) is 1. The van der Waals surface area contributed by atoms with Crippen LogP contribution in [0.2, 0.25) is 0 Å². The summed E-state index contributed by atoms with van der Waals surface area (Å²) in [7, 11) is 1.88. The van der Waals surface area contributed by atoms with Crippen molar-refractivity contribution in [2.75, 3.05) is 12.8 Å². The van der Waals surface area contributed by atoms with Gasteiger partial charge in [-0.15, -0.1) is 0 Å². The fraction of sp³-hybridized carbons (Fsp3) is 0.800. The van der Waals surface area contributed by atoms with Gasteiger partial charge in [0.05, 0.1) is 0 Å². The van der Waals surface area contributed by atoms with E-state index in [2.05, 4.69) is 5.32 Å². The molecule has 0 bridgehead atoms. The van der Waals surface area contributed by atoms with Crippen LogP contribution >= 0.6 is 11.8 Å². The van der Waals surface area contributed by atoms with E-state index in [1.54, 1.807) is 0 Å². The van der Waals surface area contributed by atoms with Crippen molar-refractivity contribution in [2.24, 2.45) is 0 Å². The average molecular weight is 133 g/mol. The predicted octanol–water partition coefficient (Wildman–Crippen LogP) is 0.518. The van der Waals surface area contributed by atoms with E-state index in [1.165, 1.54) is 11.8 Å². The zero-order chi connectivity index (χ0) is 6.41. The summed E-state index contributed by atoms with van der Waals surface area (Å²) in [5, 5.41) is 3.02. The molecular formula is C5H11NOS. The third-order valence-electron chi connectivity index (χ3n) is 0.907. The highest BCUT2D eigenvalue weighted by atomic mass is 32.2. The first-order chi connectivity index (χ1) is 3.81. The number of carbonyl (C=O) groups excluding carboxylic acids is 1. The standard InChI is InChI=1S/C5H11NOS/c1-5(6-2)3-8-4-7/h4-6H,3H2,1-2H3. The molecule has 0 aromatic carbocycles. The number of carbonyl (C=O) groups is 1. The molecule has 2 nitrogen and oxygen atoms in total. The van der Waals surface area contributed by atoms with Crippen molar-refractivity contribution in [1.29, 1.82) is 0 Å². The Hall–Kier alpha value is -0.0200. The highest BCUT2D eigenvalue weighted by molar-refractivity contribution is 8.11. The van der Waals surface area contributed by atoms with E-state index < -0.39 is 0 Å². The Labute approximate surface area is 54.0 Å². The normalized spacial score (nSPS) is 13.2. The largest absolute Gasteiger partial charge is 0.316 e. The van der Waals surface area contributed by atoms with Crippen molar-refractivity contribution in [3.8, 4) is 0 Å². The first-order valence-corrected chi connectivity index (χ1v) is 3.58. The highest BCUT2D eigenvalue weighted by Gasteiger charge is 1.94. The van der Waals surface area contributed by atoms with Gasteiger partial charge in [0.2, 0.25) is 0 Å². The maximum atomic E-state index is 9.76. The number of thioether (sulfide) groups is 1. The fourth-order valence-corrected chi connectivity index (χ4v) is 0.801. The van der Waals surface area contributed by atoms with Gasteiger partial charge in [-0.2, -0.15) is 0 Å². The first-order valence-electron chi connectivity index (χ1n) is 2.53. The Kier molecular flexibility index (Phi) is 5.11. The zero-order valence-corrected chi connectivity index (χ0v) is 5.99. The van der Waals surface area contributed by atoms with Gasteiger partial charge in [0, 0.05) is 11.8 Å². The van der Waals surface area contributed by atoms with Crippen molar-refractivity contribution in [1.82, 2.24) is 5.32 Å². The van der Waals surface area contributed by atoms with E-state index in [9.17, 15) is 4.79 Å². The summed E-state index contributed by atoms with van der Waals surface area (Å²) >= 11 is 1.30. The fourth-order valence-electron chi connectivity index (χ4n) is 0.267. The number of hydrogen-bond donors (Lipinski definition) is 1. The van der Waals surface area contributed by atoms with Crippen LogP contribution < -0.4 is 5.32 Å². The van der Waals surface area contributed by atoms with Gasteiger partial charge in [0.25, 0.3) is 0 Å². The molecule has 1 unspecified atom stereocenters. The van der Waals surface area contributed by atoms with Gasteiger partial charge >= 0.3 is 0 Å². The van der Waals surface area contributed by atoms with Gasteiger partial charge < -0.3 is 5.32 Å². The van der Waals surface area contributed by atoms with Crippen LogP contribution in [0.1, 0.15) is 6.92 Å². The minimum absolute atomic E-state index is 0.435. The van der Waals surface area contributed by atoms with E-state index in [1.807, 2.05) is 14.0 Å². The summed E-state index contributed by atoms with van der Waals surface area (Å²) in [5.74, 6) is 0.861. The SMILES string of the molecule is CNC(C)CSC=O. The molecule has 48 valence electrons. The predicted molar refractivity (Wildman–Crippen MR) is 37.7 cm³/mol. The van der Waals surface area contributed by atoms with Gasteiger partial charge in [-0.05, 0) is 14.0 Å². The maximum Gasteiger partial charge on any atom is 0.176 e. The third-order valence-corrected chi connectivity index (χ3v) is 1.74. The highest BCUT2D eigenvalue weighted by Crippen LogP contribution is 1.95. The maximum absolute atomic E-state index is 9.76. The van der Waals surface area contributed by atoms with E-state index in [4.69, 9.17) is 0 Å². The molecule has 0 radical (unpaired) electrons. The molecule has 0 saturated carbocycles. The van der Waals surface area contributed by atoms with Crippen LogP contribution in [-0.2, 0) is 4.79 Å². The third kappa shape index (κ3) is 4.15. The van der Waals surface area contributed by atoms with Gasteiger partial charge in [-0.25, -0.2) is 0 Å². The van der Waals surface area contributed by atoms with E-state index in [0.717, 1.165) is 11.4 Å². The molecule has 0 aromatic rings. The van der Waals surface area contributed by atoms with Gasteiger partial charge in [0.15, 0.2) is 5.62 Å². The number of hydrogen-bond acceptors (Lipinski definition) is 3. The Morgan fingerprint density at radius 2 is 2.50 bits per heavy atom. The van der Waals surface area contributed by atoms with Crippen LogP contribution in [0.15, 0.2) is 0 Å². The van der Waals surface area contributed by atoms with Crippen LogP contribution in [-0.4, -0.2) is 24.5 Å². The Morgan fingerprint density at radius 1 is 1.88 bits per heavy atom. The molecule has 0 aliphatic carbocycles. The molecular weight excluding hydrogens is 122 g/mol. The average Bonchev–Trinajstić information content (AvgIpc) is 1.83. The minimum atomic E-state index is 0.435. The molecule has 1 N–H and O–H groups in total. The van der Waals surface area contributed by atoms with Crippen molar-refractivity contribution in [2.45, 2.75) is 13.0 Å². The van der Waals surface area contributed by atoms with E-state index in [0.29, 0.717) is 6.04 Å². The van der Waals surface area contributed by atoms with E-state index >= 15 is 0 Å². The van der Waals surface area contributed by atoms with Crippen LogP contribution in [0.25, 0.3) is 0 Å². The first kappa shape index (κ1) is 7.98. The lowest BCUT2D eigenvalue weighted by Crippen LogP contribution is -2.23. The molecule has 0 amide bonds. The zero-order valence-electron chi connectivity index (χ0n) is 5.18. The topological polar surface area (TPSA) is 29.1 Å². The summed E-state index contributed by atoms with van der Waals surface area (Å²) in [6.07, 6.45) is 0. The lowest BCUT2D eigenvalue weighted by Gasteiger charge is -2.04. The molecule has 1 atom stereocenters. The van der Waals surface area contributed by atoms with Crippen LogP contribution in [0.5, 0.6) is 0 Å². The smallest absolute Gasteiger partial charge is 0.176 e.